The van der Waals surface area contributed by atoms with Crippen molar-refractivity contribution >= 4 is 17.4 Å². The molecule has 0 radical (unpaired) electrons. The number of ether oxygens (including phenoxy) is 1. The number of ketones is 1. The first kappa shape index (κ1) is 22.3. The van der Waals surface area contributed by atoms with E-state index in [4.69, 9.17) is 4.74 Å². The van der Waals surface area contributed by atoms with Crippen LogP contribution in [-0.2, 0) is 16.1 Å². The van der Waals surface area contributed by atoms with Gasteiger partial charge in [-0.3, -0.25) is 9.59 Å². The summed E-state index contributed by atoms with van der Waals surface area (Å²) in [5, 5.41) is 13.4. The van der Waals surface area contributed by atoms with Crippen LogP contribution in [0, 0.1) is 6.92 Å². The molecule has 6 heteroatoms. The Labute approximate surface area is 193 Å². The average molecular weight is 443 g/mol. The van der Waals surface area contributed by atoms with Crippen LogP contribution in [0.2, 0.25) is 0 Å². The van der Waals surface area contributed by atoms with Gasteiger partial charge in [0.25, 0.3) is 5.91 Å². The Morgan fingerprint density at radius 1 is 1.06 bits per heavy atom. The lowest BCUT2D eigenvalue weighted by molar-refractivity contribution is -0.378. The van der Waals surface area contributed by atoms with Crippen LogP contribution in [0.4, 0.5) is 0 Å². The number of Topliss-reactive ketones (excluding diaryl/α,β-unsaturated/α-hetero) is 1. The zero-order chi connectivity index (χ0) is 23.4. The number of benzene rings is 2. The maximum atomic E-state index is 13.4. The molecule has 3 aromatic rings. The Balaban J connectivity index is 1.80. The first-order valence-corrected chi connectivity index (χ1v) is 11.0. The van der Waals surface area contributed by atoms with Gasteiger partial charge in [0.05, 0.1) is 19.2 Å². The minimum atomic E-state index is -0.778. The molecule has 1 aromatic heterocycles. The van der Waals surface area contributed by atoms with E-state index in [0.29, 0.717) is 23.5 Å². The van der Waals surface area contributed by atoms with Crippen molar-refractivity contribution in [1.82, 2.24) is 4.90 Å². The molecule has 1 aliphatic heterocycles. The third-order valence-corrected chi connectivity index (χ3v) is 5.64. The van der Waals surface area contributed by atoms with E-state index in [0.717, 1.165) is 17.5 Å². The molecule has 1 saturated heterocycles. The monoisotopic (exact) mass is 442 g/mol. The standard InChI is InChI=1S/C27H26N2O4/c1-3-15-33-22-12-10-20(11-13-22)24-23(25(30)21-8-6-18(2)7-9-21)26(31)27(32)29(24)17-19-5-4-14-28-16-19/h4-14,16,24,30H,3,15,17H2,1-2H3. The smallest absolute Gasteiger partial charge is 0.295 e. The molecule has 1 unspecified atom stereocenters. The molecule has 1 amide bonds. The summed E-state index contributed by atoms with van der Waals surface area (Å²) < 4.78 is 5.67. The number of aryl methyl sites for hydroxylation is 1. The molecular weight excluding hydrogens is 416 g/mol. The Morgan fingerprint density at radius 2 is 1.79 bits per heavy atom. The first-order chi connectivity index (χ1) is 16.0. The number of aromatic amines is 1. The zero-order valence-electron chi connectivity index (χ0n) is 18.7. The number of carbonyl (C=O) groups is 2. The highest BCUT2D eigenvalue weighted by molar-refractivity contribution is 6.46. The van der Waals surface area contributed by atoms with E-state index >= 15 is 0 Å². The summed E-state index contributed by atoms with van der Waals surface area (Å²) in [6.07, 6.45) is 4.43. The molecule has 0 bridgehead atoms. The first-order valence-electron chi connectivity index (χ1n) is 11.0. The van der Waals surface area contributed by atoms with Gasteiger partial charge in [0.15, 0.2) is 12.4 Å². The van der Waals surface area contributed by atoms with Crippen molar-refractivity contribution in [1.29, 1.82) is 0 Å². The summed E-state index contributed by atoms with van der Waals surface area (Å²) in [6.45, 7) is 4.75. The third-order valence-electron chi connectivity index (χ3n) is 5.64. The van der Waals surface area contributed by atoms with Crippen molar-refractivity contribution in [2.45, 2.75) is 32.9 Å². The van der Waals surface area contributed by atoms with Crippen molar-refractivity contribution in [3.05, 3.63) is 101 Å². The molecule has 1 N–H and O–H groups in total. The Bertz CT molecular complexity index is 1170. The van der Waals surface area contributed by atoms with Crippen molar-refractivity contribution in [2.24, 2.45) is 0 Å². The van der Waals surface area contributed by atoms with E-state index < -0.39 is 23.5 Å². The van der Waals surface area contributed by atoms with Crippen LogP contribution in [-0.4, -0.2) is 23.2 Å². The Hall–Kier alpha value is -3.93. The lowest BCUT2D eigenvalue weighted by Gasteiger charge is -2.27. The van der Waals surface area contributed by atoms with Crippen molar-refractivity contribution in [3.8, 4) is 5.75 Å². The van der Waals surface area contributed by atoms with Gasteiger partial charge in [0.1, 0.15) is 5.75 Å². The number of H-pyrrole nitrogens is 1. The number of likely N-dealkylation sites (tertiary alicyclic amines) is 1. The highest BCUT2D eigenvalue weighted by atomic mass is 16.5. The van der Waals surface area contributed by atoms with Crippen LogP contribution in [0.5, 0.6) is 5.75 Å². The van der Waals surface area contributed by atoms with E-state index in [1.165, 1.54) is 4.90 Å². The van der Waals surface area contributed by atoms with E-state index in [1.54, 1.807) is 36.7 Å². The van der Waals surface area contributed by atoms with Gasteiger partial charge < -0.3 is 14.7 Å². The van der Waals surface area contributed by atoms with Crippen LogP contribution in [0.1, 0.15) is 41.6 Å². The molecule has 1 fully saturated rings. The van der Waals surface area contributed by atoms with Gasteiger partial charge in [-0.15, -0.1) is 0 Å². The summed E-state index contributed by atoms with van der Waals surface area (Å²) in [5.41, 5.74) is 2.89. The maximum Gasteiger partial charge on any atom is 0.295 e. The van der Waals surface area contributed by atoms with E-state index in [1.807, 2.05) is 50.2 Å². The minimum Gasteiger partial charge on any atom is -0.872 e. The number of hydrogen-bond acceptors (Lipinski definition) is 4. The van der Waals surface area contributed by atoms with E-state index in [9.17, 15) is 14.7 Å². The number of hydrogen-bond donors (Lipinski definition) is 0. The molecule has 0 saturated carbocycles. The highest BCUT2D eigenvalue weighted by Crippen LogP contribution is 2.40. The predicted molar refractivity (Wildman–Crippen MR) is 122 cm³/mol. The molecule has 0 spiro atoms. The number of amides is 1. The lowest BCUT2D eigenvalue weighted by atomic mass is 9.95. The van der Waals surface area contributed by atoms with Crippen LogP contribution in [0.15, 0.2) is 78.6 Å². The average Bonchev–Trinajstić information content (AvgIpc) is 3.08. The topological polar surface area (TPSA) is 83.8 Å². The van der Waals surface area contributed by atoms with Gasteiger partial charge in [-0.05, 0) is 42.7 Å². The molecule has 33 heavy (non-hydrogen) atoms. The second-order valence-electron chi connectivity index (χ2n) is 8.10. The van der Waals surface area contributed by atoms with E-state index in [-0.39, 0.29) is 12.1 Å². The molecule has 2 aromatic carbocycles. The fourth-order valence-corrected chi connectivity index (χ4v) is 3.93. The summed E-state index contributed by atoms with van der Waals surface area (Å²) in [4.78, 5) is 30.6. The third kappa shape index (κ3) is 4.65. The largest absolute Gasteiger partial charge is 0.872 e. The molecule has 0 aliphatic carbocycles. The van der Waals surface area contributed by atoms with Gasteiger partial charge in [-0.1, -0.05) is 54.6 Å². The fourth-order valence-electron chi connectivity index (χ4n) is 3.93. The summed E-state index contributed by atoms with van der Waals surface area (Å²) in [6, 6.07) is 17.2. The second kappa shape index (κ2) is 9.69. The normalized spacial score (nSPS) is 17.4. The number of nitrogens with zero attached hydrogens (tertiary/aromatic N) is 1. The van der Waals surface area contributed by atoms with Crippen LogP contribution in [0.25, 0.3) is 5.76 Å². The molecule has 168 valence electrons. The second-order valence-corrected chi connectivity index (χ2v) is 8.10. The molecule has 1 aliphatic rings. The van der Waals surface area contributed by atoms with E-state index in [2.05, 4.69) is 4.98 Å². The van der Waals surface area contributed by atoms with Crippen LogP contribution < -0.4 is 14.8 Å². The van der Waals surface area contributed by atoms with Gasteiger partial charge in [0.2, 0.25) is 5.78 Å². The highest BCUT2D eigenvalue weighted by Gasteiger charge is 2.44. The Kier molecular flexibility index (Phi) is 6.54. The lowest BCUT2D eigenvalue weighted by Crippen LogP contribution is -2.29. The molecule has 6 nitrogen and oxygen atoms in total. The zero-order valence-corrected chi connectivity index (χ0v) is 18.7. The summed E-state index contributed by atoms with van der Waals surface area (Å²) >= 11 is 0. The van der Waals surface area contributed by atoms with Crippen molar-refractivity contribution < 1.29 is 24.4 Å². The van der Waals surface area contributed by atoms with Gasteiger partial charge in [-0.2, -0.15) is 0 Å². The molecule has 1 atom stereocenters. The van der Waals surface area contributed by atoms with Gasteiger partial charge in [-0.25, -0.2) is 4.98 Å². The Morgan fingerprint density at radius 3 is 2.42 bits per heavy atom. The predicted octanol–water partition coefficient (Wildman–Crippen LogP) is 3.02. The van der Waals surface area contributed by atoms with Crippen LogP contribution in [0.3, 0.4) is 0 Å². The van der Waals surface area contributed by atoms with Gasteiger partial charge >= 0.3 is 0 Å². The van der Waals surface area contributed by atoms with Crippen molar-refractivity contribution in [2.75, 3.05) is 6.61 Å². The number of nitrogens with one attached hydrogen (secondary N) is 1. The maximum absolute atomic E-state index is 13.4. The SMILES string of the molecule is CCCOc1ccc(C2C(=C([O-])c3ccc(C)cc3)C(=O)C(=O)N2Cc2ccc[nH+]c2)cc1. The van der Waals surface area contributed by atoms with Crippen molar-refractivity contribution in [3.63, 3.8) is 0 Å². The molecule has 2 heterocycles. The fraction of sp³-hybridized carbons (Fsp3) is 0.222. The molecule has 4 rings (SSSR count). The number of carbonyl (C=O) groups excluding carboxylic acids is 2. The minimum absolute atomic E-state index is 0.0222. The number of aromatic nitrogens is 1. The molecular formula is C27H26N2O4. The quantitative estimate of drug-likeness (QED) is 0.320. The number of pyridine rings is 1. The number of rotatable bonds is 7. The van der Waals surface area contributed by atoms with Gasteiger partial charge in [0, 0.05) is 17.2 Å². The van der Waals surface area contributed by atoms with Crippen LogP contribution >= 0.6 is 0 Å². The summed E-state index contributed by atoms with van der Waals surface area (Å²) in [5.74, 6) is -1.15. The summed E-state index contributed by atoms with van der Waals surface area (Å²) in [7, 11) is 0.